The number of nitrogens with one attached hydrogen (secondary N) is 1. The molecule has 0 bridgehead atoms. The van der Waals surface area contributed by atoms with Crippen LogP contribution >= 0.6 is 0 Å². The maximum atomic E-state index is 5.81. The summed E-state index contributed by atoms with van der Waals surface area (Å²) in [5.41, 5.74) is 2.44. The Morgan fingerprint density at radius 2 is 2.15 bits per heavy atom. The second kappa shape index (κ2) is 6.59. The van der Waals surface area contributed by atoms with Crippen LogP contribution in [0.25, 0.3) is 0 Å². The Hall–Kier alpha value is -1.07. The summed E-state index contributed by atoms with van der Waals surface area (Å²) >= 11 is 0. The molecule has 1 N–H and O–H groups in total. The van der Waals surface area contributed by atoms with Crippen molar-refractivity contribution in [1.29, 1.82) is 0 Å². The molecule has 2 heterocycles. The minimum Gasteiger partial charge on any atom is -0.375 e. The van der Waals surface area contributed by atoms with Crippen LogP contribution in [0.2, 0.25) is 0 Å². The summed E-state index contributed by atoms with van der Waals surface area (Å²) < 4.78 is 7.84. The summed E-state index contributed by atoms with van der Waals surface area (Å²) in [6.45, 7) is 12.2. The number of hydrogen-bond acceptors (Lipinski definition) is 4. The molecule has 114 valence electrons. The smallest absolute Gasteiger partial charge is 0.131 e. The number of hydrogen-bond donors (Lipinski definition) is 1. The van der Waals surface area contributed by atoms with Crippen molar-refractivity contribution in [2.45, 2.75) is 52.8 Å². The Balaban J connectivity index is 2.33. The van der Waals surface area contributed by atoms with Crippen LogP contribution in [0.15, 0.2) is 0 Å². The van der Waals surface area contributed by atoms with E-state index in [1.807, 2.05) is 11.7 Å². The van der Waals surface area contributed by atoms with Gasteiger partial charge in [-0.15, -0.1) is 0 Å². The van der Waals surface area contributed by atoms with E-state index < -0.39 is 0 Å². The Bertz CT molecular complexity index is 443. The zero-order chi connectivity index (χ0) is 14.7. The first-order chi connectivity index (χ1) is 9.58. The highest BCUT2D eigenvalue weighted by Crippen LogP contribution is 2.28. The van der Waals surface area contributed by atoms with Crippen LogP contribution in [0.3, 0.4) is 0 Å². The molecule has 0 radical (unpaired) electrons. The highest BCUT2D eigenvalue weighted by Gasteiger charge is 2.30. The second-order valence-electron chi connectivity index (χ2n) is 5.65. The van der Waals surface area contributed by atoms with Gasteiger partial charge in [0.2, 0.25) is 0 Å². The number of rotatable bonds is 5. The fourth-order valence-electron chi connectivity index (χ4n) is 2.95. The van der Waals surface area contributed by atoms with E-state index >= 15 is 0 Å². The van der Waals surface area contributed by atoms with Crippen LogP contribution in [0.5, 0.6) is 0 Å². The summed E-state index contributed by atoms with van der Waals surface area (Å²) in [5.74, 6) is 1.26. The lowest BCUT2D eigenvalue weighted by Crippen LogP contribution is -2.49. The highest BCUT2D eigenvalue weighted by atomic mass is 16.5. The number of ether oxygens (including phenoxy) is 1. The lowest BCUT2D eigenvalue weighted by atomic mass is 10.1. The van der Waals surface area contributed by atoms with Gasteiger partial charge in [-0.3, -0.25) is 4.68 Å². The van der Waals surface area contributed by atoms with E-state index in [2.05, 4.69) is 43.0 Å². The molecule has 5 heteroatoms. The monoisotopic (exact) mass is 280 g/mol. The average molecular weight is 280 g/mol. The van der Waals surface area contributed by atoms with E-state index in [9.17, 15) is 0 Å². The van der Waals surface area contributed by atoms with Crippen molar-refractivity contribution in [3.8, 4) is 0 Å². The molecule has 0 aromatic carbocycles. The molecule has 0 spiro atoms. The molecule has 1 aromatic heterocycles. The summed E-state index contributed by atoms with van der Waals surface area (Å²) in [6.07, 6.45) is 1.37. The van der Waals surface area contributed by atoms with Gasteiger partial charge in [-0.25, -0.2) is 0 Å². The van der Waals surface area contributed by atoms with Gasteiger partial charge in [-0.1, -0.05) is 13.8 Å². The zero-order valence-corrected chi connectivity index (χ0v) is 13.4. The SMILES string of the molecule is CCNCc1c(C)nn(C)c1N1CC(C)OCC1CC. The predicted molar refractivity (Wildman–Crippen MR) is 82.2 cm³/mol. The lowest BCUT2D eigenvalue weighted by molar-refractivity contribution is 0.0292. The van der Waals surface area contributed by atoms with Crippen LogP contribution in [0, 0.1) is 6.92 Å². The fourth-order valence-corrected chi connectivity index (χ4v) is 2.95. The van der Waals surface area contributed by atoms with Gasteiger partial charge in [0.05, 0.1) is 24.4 Å². The first-order valence-electron chi connectivity index (χ1n) is 7.69. The third-order valence-electron chi connectivity index (χ3n) is 4.08. The quantitative estimate of drug-likeness (QED) is 0.894. The second-order valence-corrected chi connectivity index (χ2v) is 5.65. The largest absolute Gasteiger partial charge is 0.375 e. The van der Waals surface area contributed by atoms with Gasteiger partial charge in [0.15, 0.2) is 0 Å². The van der Waals surface area contributed by atoms with Crippen molar-refractivity contribution in [2.75, 3.05) is 24.6 Å². The van der Waals surface area contributed by atoms with Crippen molar-refractivity contribution in [1.82, 2.24) is 15.1 Å². The van der Waals surface area contributed by atoms with Crippen molar-refractivity contribution >= 4 is 5.82 Å². The molecular formula is C15H28N4O. The van der Waals surface area contributed by atoms with Gasteiger partial charge < -0.3 is 15.0 Å². The number of aromatic nitrogens is 2. The minimum atomic E-state index is 0.278. The summed E-state index contributed by atoms with van der Waals surface area (Å²) in [6, 6.07) is 0.446. The molecule has 1 aromatic rings. The third-order valence-corrected chi connectivity index (χ3v) is 4.08. The lowest BCUT2D eigenvalue weighted by Gasteiger charge is -2.40. The van der Waals surface area contributed by atoms with Gasteiger partial charge >= 0.3 is 0 Å². The highest BCUT2D eigenvalue weighted by molar-refractivity contribution is 5.51. The van der Waals surface area contributed by atoms with Gasteiger partial charge in [0.1, 0.15) is 5.82 Å². The summed E-state index contributed by atoms with van der Waals surface area (Å²) in [7, 11) is 2.05. The molecule has 2 atom stereocenters. The molecule has 1 fully saturated rings. The molecule has 0 saturated carbocycles. The van der Waals surface area contributed by atoms with Crippen LogP contribution < -0.4 is 10.2 Å². The van der Waals surface area contributed by atoms with Crippen molar-refractivity contribution in [3.63, 3.8) is 0 Å². The number of aryl methyl sites for hydroxylation is 2. The number of nitrogens with zero attached hydrogens (tertiary/aromatic N) is 3. The van der Waals surface area contributed by atoms with E-state index in [0.29, 0.717) is 6.04 Å². The van der Waals surface area contributed by atoms with Crippen molar-refractivity contribution in [3.05, 3.63) is 11.3 Å². The van der Waals surface area contributed by atoms with Crippen LogP contribution in [-0.2, 0) is 18.3 Å². The van der Waals surface area contributed by atoms with Gasteiger partial charge in [0, 0.05) is 25.7 Å². The Morgan fingerprint density at radius 1 is 1.40 bits per heavy atom. The molecule has 0 amide bonds. The number of anilines is 1. The topological polar surface area (TPSA) is 42.3 Å². The first-order valence-corrected chi connectivity index (χ1v) is 7.69. The zero-order valence-electron chi connectivity index (χ0n) is 13.4. The Kier molecular flexibility index (Phi) is 5.05. The van der Waals surface area contributed by atoms with Gasteiger partial charge in [-0.2, -0.15) is 5.10 Å². The minimum absolute atomic E-state index is 0.278. The summed E-state index contributed by atoms with van der Waals surface area (Å²) in [4.78, 5) is 2.49. The van der Waals surface area contributed by atoms with E-state index in [0.717, 1.165) is 38.4 Å². The predicted octanol–water partition coefficient (Wildman–Crippen LogP) is 1.84. The Morgan fingerprint density at radius 3 is 2.80 bits per heavy atom. The molecule has 1 aliphatic heterocycles. The molecule has 1 aliphatic rings. The maximum Gasteiger partial charge on any atom is 0.131 e. The average Bonchev–Trinajstić information content (AvgIpc) is 2.70. The van der Waals surface area contributed by atoms with E-state index in [-0.39, 0.29) is 6.10 Å². The van der Waals surface area contributed by atoms with Crippen molar-refractivity contribution < 1.29 is 4.74 Å². The standard InChI is InChI=1S/C15H28N4O/c1-6-13-10-20-11(3)9-19(13)15-14(8-16-7-2)12(4)17-18(15)5/h11,13,16H,6-10H2,1-5H3. The van der Waals surface area contributed by atoms with Crippen LogP contribution in [0.4, 0.5) is 5.82 Å². The van der Waals surface area contributed by atoms with E-state index in [1.54, 1.807) is 0 Å². The molecule has 1 saturated heterocycles. The van der Waals surface area contributed by atoms with Gasteiger partial charge in [-0.05, 0) is 26.8 Å². The molecule has 5 nitrogen and oxygen atoms in total. The molecule has 0 aliphatic carbocycles. The molecule has 20 heavy (non-hydrogen) atoms. The third kappa shape index (κ3) is 2.99. The van der Waals surface area contributed by atoms with Crippen molar-refractivity contribution in [2.24, 2.45) is 7.05 Å². The first kappa shape index (κ1) is 15.3. The molecule has 2 unspecified atom stereocenters. The fraction of sp³-hybridized carbons (Fsp3) is 0.800. The van der Waals surface area contributed by atoms with Crippen LogP contribution in [0.1, 0.15) is 38.4 Å². The molecular weight excluding hydrogens is 252 g/mol. The van der Waals surface area contributed by atoms with E-state index in [1.165, 1.54) is 11.4 Å². The van der Waals surface area contributed by atoms with E-state index in [4.69, 9.17) is 4.74 Å². The normalized spacial score (nSPS) is 23.4. The Labute approximate surface area is 122 Å². The maximum absolute atomic E-state index is 5.81. The molecule has 2 rings (SSSR count). The number of morpholine rings is 1. The van der Waals surface area contributed by atoms with Crippen LogP contribution in [-0.4, -0.2) is 41.6 Å². The van der Waals surface area contributed by atoms with Gasteiger partial charge in [0.25, 0.3) is 0 Å². The summed E-state index contributed by atoms with van der Waals surface area (Å²) in [5, 5.41) is 8.06.